The molecule has 15 heteroatoms. The van der Waals surface area contributed by atoms with E-state index in [0.717, 1.165) is 19.0 Å². The molecule has 0 saturated carbocycles. The second-order valence-corrected chi connectivity index (χ2v) is 12.7. The third kappa shape index (κ3) is 4.14. The number of rotatable bonds is 4. The van der Waals surface area contributed by atoms with Crippen LogP contribution in [0.5, 0.6) is 11.9 Å². The Morgan fingerprint density at radius 1 is 1.16 bits per heavy atom. The van der Waals surface area contributed by atoms with Crippen LogP contribution in [0, 0.1) is 12.7 Å². The van der Waals surface area contributed by atoms with Gasteiger partial charge in [-0.2, -0.15) is 23.1 Å². The van der Waals surface area contributed by atoms with Gasteiger partial charge in [-0.25, -0.2) is 18.2 Å². The van der Waals surface area contributed by atoms with Crippen LogP contribution in [0.15, 0.2) is 12.3 Å². The van der Waals surface area contributed by atoms with Gasteiger partial charge in [0.1, 0.15) is 40.8 Å². The molecular weight excluding hydrogens is 592 g/mol. The van der Waals surface area contributed by atoms with Crippen LogP contribution in [0.2, 0.25) is 0 Å². The standard InChI is InChI=1S/C29H29F6N7O2/c1-13-5-7-36-21(18(13)29(33,34)35)22-19(30)20-17-24(40-26(39-20)43-12-27-6-8-41(27)11-28(31,32)10-27)42-9-15-3-4-16(37-15)23(42)14(2)44-25(17)38-22/h5,7,14-16,23,37H,3-4,6,8-12H2,1-2H3/t14-,15+,16-,23+,27+/m0/s1. The fourth-order valence-electron chi connectivity index (χ4n) is 7.87. The number of fused-ring (bicyclic) bond motifs is 6. The predicted octanol–water partition coefficient (Wildman–Crippen LogP) is 4.51. The highest BCUT2D eigenvalue weighted by Crippen LogP contribution is 2.49. The Morgan fingerprint density at radius 3 is 2.70 bits per heavy atom. The number of nitrogens with one attached hydrogen (secondary N) is 1. The summed E-state index contributed by atoms with van der Waals surface area (Å²) < 4.78 is 100. The molecule has 0 radical (unpaired) electrons. The van der Waals surface area contributed by atoms with Crippen LogP contribution in [0.3, 0.4) is 0 Å². The number of hydrogen-bond acceptors (Lipinski definition) is 9. The van der Waals surface area contributed by atoms with E-state index in [4.69, 9.17) is 9.47 Å². The van der Waals surface area contributed by atoms with Crippen LogP contribution in [0.4, 0.5) is 32.2 Å². The van der Waals surface area contributed by atoms with E-state index in [1.807, 2.05) is 11.8 Å². The van der Waals surface area contributed by atoms with Crippen molar-refractivity contribution in [2.45, 2.75) is 81.4 Å². The molecule has 5 aliphatic rings. The fraction of sp³-hybridized carbons (Fsp3) is 0.586. The number of aromatic nitrogens is 4. The first-order valence-corrected chi connectivity index (χ1v) is 14.7. The molecular formula is C29H29F6N7O2. The minimum Gasteiger partial charge on any atom is -0.472 e. The van der Waals surface area contributed by atoms with E-state index >= 15 is 4.39 Å². The molecule has 8 rings (SSSR count). The van der Waals surface area contributed by atoms with Crippen LogP contribution in [-0.4, -0.2) is 86.8 Å². The summed E-state index contributed by atoms with van der Waals surface area (Å²) in [5.74, 6) is -3.80. The quantitative estimate of drug-likeness (QED) is 0.423. The summed E-state index contributed by atoms with van der Waals surface area (Å²) in [5, 5.41) is 3.70. The molecule has 2 bridgehead atoms. The molecule has 0 aromatic carbocycles. The highest BCUT2D eigenvalue weighted by atomic mass is 19.4. The van der Waals surface area contributed by atoms with E-state index in [1.165, 1.54) is 13.0 Å². The number of piperazine rings is 1. The maximum atomic E-state index is 16.6. The Labute approximate surface area is 248 Å². The Morgan fingerprint density at radius 2 is 1.98 bits per heavy atom. The molecule has 4 fully saturated rings. The van der Waals surface area contributed by atoms with E-state index in [1.54, 1.807) is 4.90 Å². The molecule has 5 aliphatic heterocycles. The smallest absolute Gasteiger partial charge is 0.418 e. The van der Waals surface area contributed by atoms with Gasteiger partial charge in [0.05, 0.1) is 23.7 Å². The van der Waals surface area contributed by atoms with E-state index < -0.39 is 46.5 Å². The first-order chi connectivity index (χ1) is 20.8. The van der Waals surface area contributed by atoms with Gasteiger partial charge in [0.2, 0.25) is 5.88 Å². The first-order valence-electron chi connectivity index (χ1n) is 14.7. The zero-order chi connectivity index (χ0) is 30.8. The van der Waals surface area contributed by atoms with Crippen molar-refractivity contribution in [2.75, 3.05) is 31.1 Å². The second-order valence-electron chi connectivity index (χ2n) is 12.7. The van der Waals surface area contributed by atoms with Crippen LogP contribution in [-0.2, 0) is 6.18 Å². The highest BCUT2D eigenvalue weighted by molar-refractivity contribution is 5.97. The molecule has 234 valence electrons. The van der Waals surface area contributed by atoms with Gasteiger partial charge in [-0.1, -0.05) is 0 Å². The van der Waals surface area contributed by atoms with Gasteiger partial charge in [-0.15, -0.1) is 0 Å². The van der Waals surface area contributed by atoms with Crippen molar-refractivity contribution in [3.63, 3.8) is 0 Å². The van der Waals surface area contributed by atoms with Gasteiger partial charge in [0, 0.05) is 37.8 Å². The van der Waals surface area contributed by atoms with Gasteiger partial charge in [0.25, 0.3) is 5.92 Å². The molecule has 3 aromatic rings. The van der Waals surface area contributed by atoms with Crippen LogP contribution >= 0.6 is 0 Å². The van der Waals surface area contributed by atoms with Crippen molar-refractivity contribution in [3.05, 3.63) is 29.2 Å². The minimum atomic E-state index is -4.84. The lowest BCUT2D eigenvalue weighted by Gasteiger charge is -2.46. The van der Waals surface area contributed by atoms with Crippen molar-refractivity contribution in [1.82, 2.24) is 30.2 Å². The van der Waals surface area contributed by atoms with Gasteiger partial charge in [-0.05, 0) is 44.7 Å². The normalized spacial score (nSPS) is 30.4. The van der Waals surface area contributed by atoms with Crippen LogP contribution < -0.4 is 19.7 Å². The second kappa shape index (κ2) is 9.28. The number of aryl methyl sites for hydroxylation is 1. The van der Waals surface area contributed by atoms with E-state index in [0.29, 0.717) is 25.3 Å². The molecule has 3 aromatic heterocycles. The fourth-order valence-corrected chi connectivity index (χ4v) is 7.87. The average Bonchev–Trinajstić information content (AvgIpc) is 3.36. The lowest BCUT2D eigenvalue weighted by molar-refractivity contribution is -0.137. The number of halogens is 6. The minimum absolute atomic E-state index is 0.0233. The van der Waals surface area contributed by atoms with Crippen molar-refractivity contribution < 1.29 is 35.8 Å². The van der Waals surface area contributed by atoms with E-state index in [2.05, 4.69) is 25.3 Å². The molecule has 0 unspecified atom stereocenters. The molecule has 1 N–H and O–H groups in total. The molecule has 0 aliphatic carbocycles. The van der Waals surface area contributed by atoms with E-state index in [9.17, 15) is 22.0 Å². The molecule has 0 amide bonds. The number of pyridine rings is 2. The summed E-state index contributed by atoms with van der Waals surface area (Å²) in [4.78, 5) is 20.9. The summed E-state index contributed by atoms with van der Waals surface area (Å²) in [6, 6.07) is 0.859. The summed E-state index contributed by atoms with van der Waals surface area (Å²) in [6.45, 7) is 3.63. The number of anilines is 1. The number of nitrogens with zero attached hydrogens (tertiary/aromatic N) is 6. The lowest BCUT2D eigenvalue weighted by Crippen LogP contribution is -2.62. The molecule has 5 atom stereocenters. The largest absolute Gasteiger partial charge is 0.472 e. The maximum absolute atomic E-state index is 16.6. The Bertz CT molecular complexity index is 1690. The van der Waals surface area contributed by atoms with Gasteiger partial charge in [0.15, 0.2) is 5.82 Å². The molecule has 44 heavy (non-hydrogen) atoms. The first kappa shape index (κ1) is 28.0. The SMILES string of the molecule is Cc1ccnc(-c2nc3c4c(nc(OC[C@]56CCN5CC(F)(F)C6)nc4c2F)N2C[C@H]4CC[C@H](N4)[C@H]2[C@H](C)O3)c1C(F)(F)F. The summed E-state index contributed by atoms with van der Waals surface area (Å²) >= 11 is 0. The van der Waals surface area contributed by atoms with Crippen molar-refractivity contribution >= 4 is 16.7 Å². The van der Waals surface area contributed by atoms with Crippen molar-refractivity contribution in [3.8, 4) is 23.3 Å². The van der Waals surface area contributed by atoms with Crippen LogP contribution in [0.1, 0.15) is 43.7 Å². The zero-order valence-electron chi connectivity index (χ0n) is 23.9. The van der Waals surface area contributed by atoms with E-state index in [-0.39, 0.29) is 66.1 Å². The monoisotopic (exact) mass is 621 g/mol. The number of alkyl halides is 5. The number of ether oxygens (including phenoxy) is 2. The van der Waals surface area contributed by atoms with Gasteiger partial charge < -0.3 is 19.7 Å². The highest BCUT2D eigenvalue weighted by Gasteiger charge is 2.60. The maximum Gasteiger partial charge on any atom is 0.418 e. The summed E-state index contributed by atoms with van der Waals surface area (Å²) in [6.07, 6.45) is -2.26. The summed E-state index contributed by atoms with van der Waals surface area (Å²) in [7, 11) is 0. The van der Waals surface area contributed by atoms with Gasteiger partial charge >= 0.3 is 12.2 Å². The Hall–Kier alpha value is -3.46. The Balaban J connectivity index is 1.31. The molecule has 8 heterocycles. The van der Waals surface area contributed by atoms with Crippen LogP contribution in [0.25, 0.3) is 22.3 Å². The predicted molar refractivity (Wildman–Crippen MR) is 145 cm³/mol. The topological polar surface area (TPSA) is 88.5 Å². The third-order valence-electron chi connectivity index (χ3n) is 9.89. The lowest BCUT2D eigenvalue weighted by atomic mass is 9.85. The van der Waals surface area contributed by atoms with Crippen molar-refractivity contribution in [2.24, 2.45) is 0 Å². The van der Waals surface area contributed by atoms with Gasteiger partial charge in [-0.3, -0.25) is 9.88 Å². The molecule has 4 saturated heterocycles. The molecule has 9 nitrogen and oxygen atoms in total. The summed E-state index contributed by atoms with van der Waals surface area (Å²) in [5.41, 5.74) is -3.83. The Kier molecular flexibility index (Phi) is 5.92. The van der Waals surface area contributed by atoms with Crippen molar-refractivity contribution in [1.29, 1.82) is 0 Å². The zero-order valence-corrected chi connectivity index (χ0v) is 23.9. The average molecular weight is 622 g/mol. The molecule has 0 spiro atoms. The number of hydrogen-bond donors (Lipinski definition) is 1. The third-order valence-corrected chi connectivity index (χ3v) is 9.89.